The molecule has 1 aromatic rings. The first-order valence-corrected chi connectivity index (χ1v) is 7.16. The van der Waals surface area contributed by atoms with Gasteiger partial charge in [0.2, 0.25) is 5.91 Å². The molecule has 6 heteroatoms. The lowest BCUT2D eigenvalue weighted by Gasteiger charge is -2.19. The van der Waals surface area contributed by atoms with Gasteiger partial charge in [0.25, 0.3) is 0 Å². The van der Waals surface area contributed by atoms with Gasteiger partial charge in [0.15, 0.2) is 0 Å². The summed E-state index contributed by atoms with van der Waals surface area (Å²) in [7, 11) is 0. The molecule has 1 N–H and O–H groups in total. The van der Waals surface area contributed by atoms with Crippen LogP contribution in [0, 0.1) is 5.92 Å². The van der Waals surface area contributed by atoms with E-state index in [1.165, 1.54) is 12.1 Å². The van der Waals surface area contributed by atoms with Gasteiger partial charge in [-0.25, -0.2) is 0 Å². The first-order chi connectivity index (χ1) is 9.12. The second-order valence-electron chi connectivity index (χ2n) is 5.00. The number of hydrogen-bond acceptors (Lipinski definition) is 1. The molecule has 2 atom stereocenters. The number of alkyl halides is 4. The molecular formula is C14H17BrF3NO. The van der Waals surface area contributed by atoms with Crippen LogP contribution >= 0.6 is 15.9 Å². The van der Waals surface area contributed by atoms with E-state index in [1.807, 2.05) is 13.8 Å². The van der Waals surface area contributed by atoms with E-state index in [9.17, 15) is 18.0 Å². The molecule has 2 nitrogen and oxygen atoms in total. The lowest BCUT2D eigenvalue weighted by molar-refractivity contribution is -0.137. The summed E-state index contributed by atoms with van der Waals surface area (Å²) in [5.41, 5.74) is -0.0601. The Hall–Kier alpha value is -1.04. The molecule has 2 unspecified atom stereocenters. The third-order valence-corrected chi connectivity index (χ3v) is 4.41. The molecule has 0 aromatic heterocycles. The molecule has 0 fully saturated rings. The van der Waals surface area contributed by atoms with Gasteiger partial charge in [-0.15, -0.1) is 0 Å². The third kappa shape index (κ3) is 4.51. The number of rotatable bonds is 4. The topological polar surface area (TPSA) is 29.1 Å². The fourth-order valence-electron chi connectivity index (χ4n) is 1.64. The Bertz CT molecular complexity index is 456. The quantitative estimate of drug-likeness (QED) is 0.805. The van der Waals surface area contributed by atoms with Crippen molar-refractivity contribution in [2.75, 3.05) is 0 Å². The molecule has 0 saturated carbocycles. The van der Waals surface area contributed by atoms with Crippen molar-refractivity contribution in [3.8, 4) is 0 Å². The molecule has 0 spiro atoms. The summed E-state index contributed by atoms with van der Waals surface area (Å²) in [6, 6.07) is 4.46. The van der Waals surface area contributed by atoms with Gasteiger partial charge in [-0.3, -0.25) is 4.79 Å². The first kappa shape index (κ1) is 17.0. The average molecular weight is 352 g/mol. The van der Waals surface area contributed by atoms with Crippen LogP contribution in [0.25, 0.3) is 0 Å². The Kier molecular flexibility index (Phi) is 5.62. The second-order valence-corrected chi connectivity index (χ2v) is 5.98. The summed E-state index contributed by atoms with van der Waals surface area (Å²) in [6.45, 7) is 5.55. The number of amides is 1. The van der Waals surface area contributed by atoms with Crippen LogP contribution in [0.5, 0.6) is 0 Å². The molecule has 1 amide bonds. The molecule has 112 valence electrons. The molecule has 20 heavy (non-hydrogen) atoms. The number of carbonyl (C=O) groups is 1. The summed E-state index contributed by atoms with van der Waals surface area (Å²) >= 11 is 3.29. The van der Waals surface area contributed by atoms with Crippen molar-refractivity contribution in [2.45, 2.75) is 37.8 Å². The Morgan fingerprint density at radius 1 is 1.15 bits per heavy atom. The van der Waals surface area contributed by atoms with Crippen LogP contribution in [0.2, 0.25) is 0 Å². The van der Waals surface area contributed by atoms with E-state index in [2.05, 4.69) is 21.2 Å². The Morgan fingerprint density at radius 3 is 2.05 bits per heavy atom. The lowest BCUT2D eigenvalue weighted by atomic mass is 10.0. The van der Waals surface area contributed by atoms with Crippen LogP contribution in [-0.4, -0.2) is 10.7 Å². The molecule has 0 radical (unpaired) electrons. The van der Waals surface area contributed by atoms with E-state index in [4.69, 9.17) is 0 Å². The molecular weight excluding hydrogens is 335 g/mol. The molecule has 0 aliphatic heterocycles. The van der Waals surface area contributed by atoms with Crippen LogP contribution in [0.15, 0.2) is 24.3 Å². The van der Waals surface area contributed by atoms with Gasteiger partial charge in [-0.2, -0.15) is 13.2 Å². The zero-order valence-corrected chi connectivity index (χ0v) is 13.0. The maximum Gasteiger partial charge on any atom is 0.416 e. The van der Waals surface area contributed by atoms with E-state index in [0.29, 0.717) is 5.56 Å². The highest BCUT2D eigenvalue weighted by Crippen LogP contribution is 2.30. The minimum absolute atomic E-state index is 0.134. The van der Waals surface area contributed by atoms with Crippen LogP contribution in [0.3, 0.4) is 0 Å². The van der Waals surface area contributed by atoms with Crippen molar-refractivity contribution in [2.24, 2.45) is 5.92 Å². The maximum absolute atomic E-state index is 12.4. The van der Waals surface area contributed by atoms with Gasteiger partial charge in [0.05, 0.1) is 16.4 Å². The van der Waals surface area contributed by atoms with Crippen LogP contribution in [-0.2, 0) is 11.0 Å². The number of hydrogen-bond donors (Lipinski definition) is 1. The standard InChI is InChI=1S/C14H17BrF3NO/c1-8(2)12(15)13(20)19-9(3)10-4-6-11(7-5-10)14(16,17)18/h4-9,12H,1-3H3,(H,19,20). The number of nitrogens with one attached hydrogen (secondary N) is 1. The van der Waals surface area contributed by atoms with Crippen LogP contribution in [0.4, 0.5) is 13.2 Å². The summed E-state index contributed by atoms with van der Waals surface area (Å²) < 4.78 is 37.3. The largest absolute Gasteiger partial charge is 0.416 e. The lowest BCUT2D eigenvalue weighted by Crippen LogP contribution is -2.35. The van der Waals surface area contributed by atoms with Gasteiger partial charge >= 0.3 is 6.18 Å². The highest BCUT2D eigenvalue weighted by Gasteiger charge is 2.30. The highest BCUT2D eigenvalue weighted by atomic mass is 79.9. The fourth-order valence-corrected chi connectivity index (χ4v) is 1.77. The van der Waals surface area contributed by atoms with Gasteiger partial charge in [-0.05, 0) is 30.5 Å². The Balaban J connectivity index is 2.74. The van der Waals surface area contributed by atoms with Crippen molar-refractivity contribution in [3.05, 3.63) is 35.4 Å². The van der Waals surface area contributed by atoms with E-state index in [-0.39, 0.29) is 22.7 Å². The van der Waals surface area contributed by atoms with Gasteiger partial charge in [-0.1, -0.05) is 41.9 Å². The maximum atomic E-state index is 12.4. The van der Waals surface area contributed by atoms with E-state index in [0.717, 1.165) is 12.1 Å². The third-order valence-electron chi connectivity index (χ3n) is 2.93. The van der Waals surface area contributed by atoms with Crippen molar-refractivity contribution < 1.29 is 18.0 Å². The molecule has 0 saturated heterocycles. The fraction of sp³-hybridized carbons (Fsp3) is 0.500. The van der Waals surface area contributed by atoms with Gasteiger partial charge in [0.1, 0.15) is 0 Å². The smallest absolute Gasteiger partial charge is 0.349 e. The van der Waals surface area contributed by atoms with E-state index in [1.54, 1.807) is 6.92 Å². The normalized spacial score (nSPS) is 15.0. The summed E-state index contributed by atoms with van der Waals surface area (Å²) in [5.74, 6) is -0.0396. The summed E-state index contributed by atoms with van der Waals surface area (Å²) in [6.07, 6.45) is -4.34. The minimum atomic E-state index is -4.34. The Labute approximate surface area is 124 Å². The molecule has 0 aliphatic carbocycles. The molecule has 0 bridgehead atoms. The zero-order valence-electron chi connectivity index (χ0n) is 11.5. The second kappa shape index (κ2) is 6.61. The number of benzene rings is 1. The first-order valence-electron chi connectivity index (χ1n) is 6.24. The molecule has 1 aromatic carbocycles. The predicted octanol–water partition coefficient (Wildman–Crippen LogP) is 4.30. The molecule has 1 rings (SSSR count). The van der Waals surface area contributed by atoms with Crippen LogP contribution < -0.4 is 5.32 Å². The zero-order chi connectivity index (χ0) is 15.5. The van der Waals surface area contributed by atoms with E-state index >= 15 is 0 Å². The summed E-state index contributed by atoms with van der Waals surface area (Å²) in [4.78, 5) is 11.5. The predicted molar refractivity (Wildman–Crippen MR) is 75.6 cm³/mol. The molecule has 0 aliphatic rings. The average Bonchev–Trinajstić information content (AvgIpc) is 2.36. The van der Waals surface area contributed by atoms with Gasteiger partial charge < -0.3 is 5.32 Å². The van der Waals surface area contributed by atoms with Crippen molar-refractivity contribution in [1.29, 1.82) is 0 Å². The van der Waals surface area contributed by atoms with Crippen LogP contribution in [0.1, 0.15) is 37.9 Å². The number of halogens is 4. The molecule has 0 heterocycles. The van der Waals surface area contributed by atoms with Crippen molar-refractivity contribution in [3.63, 3.8) is 0 Å². The van der Waals surface area contributed by atoms with Crippen molar-refractivity contribution in [1.82, 2.24) is 5.32 Å². The van der Waals surface area contributed by atoms with Gasteiger partial charge in [0, 0.05) is 0 Å². The monoisotopic (exact) mass is 351 g/mol. The minimum Gasteiger partial charge on any atom is -0.349 e. The van der Waals surface area contributed by atoms with Crippen molar-refractivity contribution >= 4 is 21.8 Å². The Morgan fingerprint density at radius 2 is 1.65 bits per heavy atom. The summed E-state index contributed by atoms with van der Waals surface area (Å²) in [5, 5.41) is 2.77. The van der Waals surface area contributed by atoms with E-state index < -0.39 is 11.7 Å². The number of carbonyl (C=O) groups excluding carboxylic acids is 1. The SMILES string of the molecule is CC(NC(=O)C(Br)C(C)C)c1ccc(C(F)(F)F)cc1. The highest BCUT2D eigenvalue weighted by molar-refractivity contribution is 9.10.